The normalized spacial score (nSPS) is 14.4. The molecule has 1 fully saturated rings. The largest absolute Gasteiger partial charge is 0.334 e. The minimum Gasteiger partial charge on any atom is -0.334 e. The van der Waals surface area contributed by atoms with Crippen LogP contribution in [0.1, 0.15) is 24.8 Å². The average molecular weight is 678 g/mol. The third kappa shape index (κ3) is 7.79. The molecule has 16 heteroatoms. The minimum atomic E-state index is -4.56. The molecule has 0 aliphatic carbocycles. The maximum absolute atomic E-state index is 15.0. The van der Waals surface area contributed by atoms with Gasteiger partial charge in [0.15, 0.2) is 0 Å². The highest BCUT2D eigenvalue weighted by molar-refractivity contribution is 7.94. The summed E-state index contributed by atoms with van der Waals surface area (Å²) < 4.78 is 79.5. The molecule has 2 amide bonds. The van der Waals surface area contributed by atoms with Crippen LogP contribution in [0.5, 0.6) is 0 Å². The molecule has 12 nitrogen and oxygen atoms in total. The highest BCUT2D eigenvalue weighted by atomic mass is 32.2. The van der Waals surface area contributed by atoms with Crippen LogP contribution in [0.25, 0.3) is 21.9 Å². The zero-order valence-corrected chi connectivity index (χ0v) is 25.9. The molecule has 1 heterocycles. The lowest BCUT2D eigenvalue weighted by Gasteiger charge is -2.25. The van der Waals surface area contributed by atoms with Crippen molar-refractivity contribution in [1.29, 1.82) is 0 Å². The second kappa shape index (κ2) is 13.8. The Hall–Kier alpha value is -3.61. The number of rotatable bonds is 10. The van der Waals surface area contributed by atoms with E-state index in [1.54, 1.807) is 18.2 Å². The van der Waals surface area contributed by atoms with Gasteiger partial charge < -0.3 is 10.6 Å². The fraction of sp³-hybridized carbons (Fsp3) is 0.207. The molecule has 0 spiro atoms. The second-order valence-corrected chi connectivity index (χ2v) is 14.3. The molecule has 4 N–H and O–H groups in total. The van der Waals surface area contributed by atoms with E-state index in [1.165, 1.54) is 52.8 Å². The van der Waals surface area contributed by atoms with Crippen molar-refractivity contribution in [3.8, 4) is 11.1 Å². The predicted molar refractivity (Wildman–Crippen MR) is 165 cm³/mol. The maximum atomic E-state index is 15.0. The second-order valence-electron chi connectivity index (χ2n) is 10.2. The molecular formula is C29H28FN3O9S3. The number of sulfonamides is 1. The maximum Gasteiger partial charge on any atom is 0.319 e. The zero-order chi connectivity index (χ0) is 32.2. The van der Waals surface area contributed by atoms with Gasteiger partial charge in [0.2, 0.25) is 10.0 Å². The van der Waals surface area contributed by atoms with Gasteiger partial charge in [0.05, 0.1) is 21.8 Å². The van der Waals surface area contributed by atoms with Crippen molar-refractivity contribution in [1.82, 2.24) is 9.62 Å². The van der Waals surface area contributed by atoms with Crippen molar-refractivity contribution in [3.05, 3.63) is 84.2 Å². The number of amides is 2. The lowest BCUT2D eigenvalue weighted by Crippen LogP contribution is -2.35. The Kier molecular flexibility index (Phi) is 10.0. The molecule has 0 bridgehead atoms. The standard InChI is InChI=1S/C29H28FN3O9S3/c30-27-11-4-19(18-31-29(34)32-22-7-9-23(10-8-22)44(36,37)33-12-2-1-3-13-33)14-25(27)21-6-5-20-15-24(45(38,39)40)17-28(26(20)16-21)43-42-41-35/h4-11,14-17,35H,1-3,12-13,18H2,(H2,31,32,34)(H,38,39,40). The first kappa shape index (κ1) is 32.8. The van der Waals surface area contributed by atoms with Gasteiger partial charge in [-0.25, -0.2) is 22.9 Å². The molecule has 1 aliphatic rings. The highest BCUT2D eigenvalue weighted by Gasteiger charge is 2.25. The van der Waals surface area contributed by atoms with Crippen LogP contribution in [0.15, 0.2) is 87.5 Å². The molecule has 5 rings (SSSR count). The Morgan fingerprint density at radius 1 is 0.911 bits per heavy atom. The van der Waals surface area contributed by atoms with E-state index in [0.29, 0.717) is 52.7 Å². The van der Waals surface area contributed by atoms with Gasteiger partial charge in [-0.2, -0.15) is 12.7 Å². The number of hydrogen-bond donors (Lipinski definition) is 4. The lowest BCUT2D eigenvalue weighted by atomic mass is 9.99. The molecule has 0 radical (unpaired) electrons. The van der Waals surface area contributed by atoms with Gasteiger partial charge in [-0.15, -0.1) is 4.33 Å². The molecule has 0 atom stereocenters. The van der Waals surface area contributed by atoms with Crippen molar-refractivity contribution in [3.63, 3.8) is 0 Å². The van der Waals surface area contributed by atoms with E-state index in [9.17, 15) is 30.6 Å². The number of carbonyl (C=O) groups is 1. The van der Waals surface area contributed by atoms with Crippen LogP contribution >= 0.6 is 12.0 Å². The van der Waals surface area contributed by atoms with Crippen molar-refractivity contribution >= 4 is 54.7 Å². The number of anilines is 1. The van der Waals surface area contributed by atoms with Gasteiger partial charge in [0, 0.05) is 35.8 Å². The Morgan fingerprint density at radius 3 is 2.33 bits per heavy atom. The van der Waals surface area contributed by atoms with Crippen molar-refractivity contribution in [2.24, 2.45) is 0 Å². The van der Waals surface area contributed by atoms with Gasteiger partial charge in [0.1, 0.15) is 5.82 Å². The molecule has 0 unspecified atom stereocenters. The number of benzene rings is 4. The van der Waals surface area contributed by atoms with Crippen LogP contribution in [0, 0.1) is 5.82 Å². The Labute approximate surface area is 263 Å². The number of hydrogen-bond acceptors (Lipinski definition) is 9. The molecule has 4 aromatic rings. The average Bonchev–Trinajstić information content (AvgIpc) is 3.03. The van der Waals surface area contributed by atoms with Crippen LogP contribution in [0.3, 0.4) is 0 Å². The molecule has 45 heavy (non-hydrogen) atoms. The minimum absolute atomic E-state index is 0.0363. The summed E-state index contributed by atoms with van der Waals surface area (Å²) in [6.45, 7) is 1.02. The fourth-order valence-corrected chi connectivity index (χ4v) is 7.64. The molecule has 4 aromatic carbocycles. The zero-order valence-electron chi connectivity index (χ0n) is 23.5. The van der Waals surface area contributed by atoms with Gasteiger partial charge >= 0.3 is 6.03 Å². The summed E-state index contributed by atoms with van der Waals surface area (Å²) in [6.07, 6.45) is 2.66. The molecular weight excluding hydrogens is 650 g/mol. The third-order valence-electron chi connectivity index (χ3n) is 7.20. The van der Waals surface area contributed by atoms with E-state index in [4.69, 9.17) is 5.26 Å². The SMILES string of the molecule is O=C(NCc1ccc(F)c(-c2ccc3cc(S(=O)(=O)O)cc(SOOO)c3c2)c1)Nc1ccc(S(=O)(=O)N2CCCCC2)cc1. The van der Waals surface area contributed by atoms with Crippen molar-refractivity contribution < 1.29 is 45.2 Å². The Morgan fingerprint density at radius 2 is 1.64 bits per heavy atom. The van der Waals surface area contributed by atoms with Gasteiger partial charge in [-0.05, 0) is 89.3 Å². The Balaban J connectivity index is 1.29. The molecule has 1 aliphatic heterocycles. The lowest BCUT2D eigenvalue weighted by molar-refractivity contribution is -0.432. The summed E-state index contributed by atoms with van der Waals surface area (Å²) in [5.74, 6) is -0.555. The summed E-state index contributed by atoms with van der Waals surface area (Å²) in [5.41, 5.74) is 1.56. The quantitative estimate of drug-likeness (QED) is 0.0694. The number of carbonyl (C=O) groups excluding carboxylic acids is 1. The number of fused-ring (bicyclic) bond motifs is 1. The van der Waals surface area contributed by atoms with Crippen molar-refractivity contribution in [2.45, 2.75) is 40.5 Å². The van der Waals surface area contributed by atoms with E-state index in [1.807, 2.05) is 0 Å². The Bertz CT molecular complexity index is 1930. The van der Waals surface area contributed by atoms with Crippen LogP contribution in [0.2, 0.25) is 0 Å². The van der Waals surface area contributed by atoms with E-state index in [-0.39, 0.29) is 21.9 Å². The number of urea groups is 1. The van der Waals surface area contributed by atoms with E-state index in [2.05, 4.69) is 20.0 Å². The summed E-state index contributed by atoms with van der Waals surface area (Å²) in [5, 5.41) is 18.3. The van der Waals surface area contributed by atoms with E-state index in [0.717, 1.165) is 25.3 Å². The van der Waals surface area contributed by atoms with Crippen LogP contribution in [-0.4, -0.2) is 50.1 Å². The number of halogens is 1. The monoisotopic (exact) mass is 677 g/mol. The van der Waals surface area contributed by atoms with Crippen LogP contribution < -0.4 is 10.6 Å². The number of nitrogens with one attached hydrogen (secondary N) is 2. The van der Waals surface area contributed by atoms with Crippen LogP contribution in [0.4, 0.5) is 14.9 Å². The van der Waals surface area contributed by atoms with Gasteiger partial charge in [-0.3, -0.25) is 4.55 Å². The summed E-state index contributed by atoms with van der Waals surface area (Å²) >= 11 is 0.484. The molecule has 0 saturated carbocycles. The van der Waals surface area contributed by atoms with E-state index < -0.39 is 36.9 Å². The summed E-state index contributed by atoms with van der Waals surface area (Å²) in [6, 6.07) is 16.7. The predicted octanol–water partition coefficient (Wildman–Crippen LogP) is 5.82. The van der Waals surface area contributed by atoms with E-state index >= 15 is 0 Å². The number of nitrogens with zero attached hydrogens (tertiary/aromatic N) is 1. The first-order valence-corrected chi connectivity index (χ1v) is 17.2. The van der Waals surface area contributed by atoms with Crippen molar-refractivity contribution in [2.75, 3.05) is 18.4 Å². The summed E-state index contributed by atoms with van der Waals surface area (Å²) in [4.78, 5) is 12.5. The molecule has 1 saturated heterocycles. The highest BCUT2D eigenvalue weighted by Crippen LogP contribution is 2.35. The van der Waals surface area contributed by atoms with Gasteiger partial charge in [-0.1, -0.05) is 29.7 Å². The first-order chi connectivity index (χ1) is 21.5. The number of piperidine rings is 1. The smallest absolute Gasteiger partial charge is 0.319 e. The topological polar surface area (TPSA) is 172 Å². The first-order valence-electron chi connectivity index (χ1n) is 13.6. The van der Waals surface area contributed by atoms with Crippen LogP contribution in [-0.2, 0) is 36.1 Å². The fourth-order valence-electron chi connectivity index (χ4n) is 4.96. The molecule has 238 valence electrons. The molecule has 0 aromatic heterocycles. The van der Waals surface area contributed by atoms with Gasteiger partial charge in [0.25, 0.3) is 10.1 Å². The summed E-state index contributed by atoms with van der Waals surface area (Å²) in [7, 11) is -8.15. The third-order valence-corrected chi connectivity index (χ3v) is 10.6.